The fourth-order valence-corrected chi connectivity index (χ4v) is 2.51. The van der Waals surface area contributed by atoms with Gasteiger partial charge in [-0.15, -0.1) is 0 Å². The summed E-state index contributed by atoms with van der Waals surface area (Å²) >= 11 is 0. The average molecular weight is 346 g/mol. The van der Waals surface area contributed by atoms with E-state index in [0.717, 1.165) is 19.1 Å². The van der Waals surface area contributed by atoms with Gasteiger partial charge in [0.05, 0.1) is 19.8 Å². The molecule has 0 aliphatic heterocycles. The Labute approximate surface area is 148 Å². The van der Waals surface area contributed by atoms with Gasteiger partial charge in [-0.1, -0.05) is 27.7 Å². The van der Waals surface area contributed by atoms with Crippen LogP contribution in [0, 0.1) is 11.8 Å². The van der Waals surface area contributed by atoms with Crippen molar-refractivity contribution in [1.82, 2.24) is 5.32 Å². The Morgan fingerprint density at radius 3 is 2.12 bits per heavy atom. The Balaban J connectivity index is 0. The van der Waals surface area contributed by atoms with Gasteiger partial charge in [-0.05, 0) is 32.7 Å². The minimum atomic E-state index is 0.219. The number of methoxy groups -OCH3 is 1. The summed E-state index contributed by atoms with van der Waals surface area (Å²) in [5.74, 6) is 1.04. The summed E-state index contributed by atoms with van der Waals surface area (Å²) in [5.41, 5.74) is 0. The molecule has 0 radical (unpaired) electrons. The molecule has 1 rings (SSSR count). The van der Waals surface area contributed by atoms with Crippen molar-refractivity contribution in [2.75, 3.05) is 34.0 Å². The van der Waals surface area contributed by atoms with E-state index in [-0.39, 0.29) is 5.92 Å². The molecule has 0 spiro atoms. The largest absolute Gasteiger partial charge is 0.382 e. The molecule has 1 aliphatic carbocycles. The molecule has 0 unspecified atom stereocenters. The smallest absolute Gasteiger partial charge is 0.138 e. The van der Waals surface area contributed by atoms with Gasteiger partial charge in [-0.3, -0.25) is 4.79 Å². The molecule has 0 aromatic rings. The molecule has 1 aliphatic rings. The first-order valence-corrected chi connectivity index (χ1v) is 9.28. The number of nitrogens with one attached hydrogen (secondary N) is 1. The van der Waals surface area contributed by atoms with Gasteiger partial charge < -0.3 is 19.6 Å². The molecule has 144 valence electrons. The van der Waals surface area contributed by atoms with Gasteiger partial charge in [-0.2, -0.15) is 0 Å². The number of carbonyl (C=O) groups excluding carboxylic acids is 2. The van der Waals surface area contributed by atoms with E-state index < -0.39 is 0 Å². The van der Waals surface area contributed by atoms with Crippen LogP contribution >= 0.6 is 0 Å². The highest BCUT2D eigenvalue weighted by Crippen LogP contribution is 2.26. The van der Waals surface area contributed by atoms with Crippen molar-refractivity contribution in [3.63, 3.8) is 0 Å². The molecule has 5 nitrogen and oxygen atoms in total. The van der Waals surface area contributed by atoms with Crippen LogP contribution in [0.15, 0.2) is 0 Å². The number of aldehydes is 1. The number of hydrogen-bond donors (Lipinski definition) is 1. The molecule has 0 atom stereocenters. The first-order valence-electron chi connectivity index (χ1n) is 9.28. The number of Topliss-reactive ketones (excluding diaryl/α,β-unsaturated/α-hetero) is 1. The lowest BCUT2D eigenvalue weighted by atomic mass is 9.80. The molecule has 1 N–H and O–H groups in total. The van der Waals surface area contributed by atoms with Gasteiger partial charge >= 0.3 is 0 Å². The fraction of sp³-hybridized carbons (Fsp3) is 0.895. The van der Waals surface area contributed by atoms with Crippen molar-refractivity contribution >= 4 is 12.1 Å². The molecule has 1 fully saturated rings. The van der Waals surface area contributed by atoms with Crippen molar-refractivity contribution < 1.29 is 19.1 Å². The highest BCUT2D eigenvalue weighted by atomic mass is 16.5. The number of hydrogen-bond acceptors (Lipinski definition) is 5. The molecule has 0 saturated heterocycles. The van der Waals surface area contributed by atoms with Gasteiger partial charge in [0.15, 0.2) is 0 Å². The van der Waals surface area contributed by atoms with Crippen LogP contribution in [0.4, 0.5) is 0 Å². The Morgan fingerprint density at radius 1 is 1.12 bits per heavy atom. The van der Waals surface area contributed by atoms with Crippen molar-refractivity contribution in [2.45, 2.75) is 65.8 Å². The number of ketones is 1. The molecular weight excluding hydrogens is 306 g/mol. The highest BCUT2D eigenvalue weighted by Gasteiger charge is 2.26. The predicted octanol–water partition coefficient (Wildman–Crippen LogP) is 3.25. The van der Waals surface area contributed by atoms with Crippen molar-refractivity contribution in [3.05, 3.63) is 0 Å². The molecule has 24 heavy (non-hydrogen) atoms. The number of ether oxygens (including phenoxy) is 2. The van der Waals surface area contributed by atoms with Gasteiger partial charge in [0, 0.05) is 31.4 Å². The van der Waals surface area contributed by atoms with Crippen molar-refractivity contribution in [3.8, 4) is 0 Å². The topological polar surface area (TPSA) is 64.6 Å². The minimum Gasteiger partial charge on any atom is -0.382 e. The van der Waals surface area contributed by atoms with E-state index in [4.69, 9.17) is 9.47 Å². The lowest BCUT2D eigenvalue weighted by molar-refractivity contribution is -0.126. The van der Waals surface area contributed by atoms with E-state index in [1.54, 1.807) is 7.11 Å². The summed E-state index contributed by atoms with van der Waals surface area (Å²) in [6, 6.07) is 0.649. The molecular formula is C19H39NO4. The van der Waals surface area contributed by atoms with Crippen LogP contribution in [0.1, 0.15) is 59.8 Å². The third kappa shape index (κ3) is 13.6. The van der Waals surface area contributed by atoms with Gasteiger partial charge in [0.2, 0.25) is 0 Å². The quantitative estimate of drug-likeness (QED) is 0.513. The first kappa shape index (κ1) is 25.5. The average Bonchev–Trinajstić information content (AvgIpc) is 2.63. The molecule has 0 aromatic carbocycles. The Morgan fingerprint density at radius 2 is 1.71 bits per heavy atom. The van der Waals surface area contributed by atoms with Crippen LogP contribution in [0.25, 0.3) is 0 Å². The normalized spacial score (nSPS) is 19.6. The van der Waals surface area contributed by atoms with Crippen LogP contribution in [0.5, 0.6) is 0 Å². The molecule has 0 heterocycles. The zero-order chi connectivity index (χ0) is 18.8. The van der Waals surface area contributed by atoms with Gasteiger partial charge in [-0.25, -0.2) is 0 Å². The maximum Gasteiger partial charge on any atom is 0.138 e. The maximum absolute atomic E-state index is 11.7. The SMILES string of the molecule is CC.CNC1CCC(C(=O)C(C)C)CC1.COCCOCCC=O. The van der Waals surface area contributed by atoms with Gasteiger partial charge in [0.25, 0.3) is 0 Å². The van der Waals surface area contributed by atoms with Crippen LogP contribution in [-0.2, 0) is 19.1 Å². The van der Waals surface area contributed by atoms with Crippen LogP contribution in [0.2, 0.25) is 0 Å². The minimum absolute atomic E-state index is 0.219. The van der Waals surface area contributed by atoms with Gasteiger partial charge in [0.1, 0.15) is 12.1 Å². The van der Waals surface area contributed by atoms with E-state index in [1.165, 1.54) is 12.8 Å². The van der Waals surface area contributed by atoms with Crippen molar-refractivity contribution in [1.29, 1.82) is 0 Å². The molecule has 0 bridgehead atoms. The first-order chi connectivity index (χ1) is 11.6. The standard InChI is InChI=1S/C11H21NO.C6H12O3.C2H6/c1-8(2)11(13)9-4-6-10(12-3)7-5-9;1-8-5-6-9-4-2-3-7;1-2/h8-10,12H,4-7H2,1-3H3;3H,2,4-6H2,1H3;1-2H3. The Bertz CT molecular complexity index is 287. The Hall–Kier alpha value is -0.780. The lowest BCUT2D eigenvalue weighted by Gasteiger charge is -2.28. The molecule has 0 amide bonds. The number of carbonyl (C=O) groups is 2. The molecule has 0 aromatic heterocycles. The summed E-state index contributed by atoms with van der Waals surface area (Å²) in [4.78, 5) is 21.4. The van der Waals surface area contributed by atoms with Crippen LogP contribution < -0.4 is 5.32 Å². The van der Waals surface area contributed by atoms with E-state index in [2.05, 4.69) is 5.32 Å². The third-order valence-corrected chi connectivity index (χ3v) is 3.92. The predicted molar refractivity (Wildman–Crippen MR) is 99.4 cm³/mol. The maximum atomic E-state index is 11.7. The second kappa shape index (κ2) is 18.6. The third-order valence-electron chi connectivity index (χ3n) is 3.92. The van der Waals surface area contributed by atoms with E-state index in [0.29, 0.717) is 44.0 Å². The fourth-order valence-electron chi connectivity index (χ4n) is 2.51. The summed E-state index contributed by atoms with van der Waals surface area (Å²) in [6.07, 6.45) is 5.82. The zero-order valence-corrected chi connectivity index (χ0v) is 16.6. The summed E-state index contributed by atoms with van der Waals surface area (Å²) in [7, 11) is 3.62. The second-order valence-corrected chi connectivity index (χ2v) is 5.95. The molecule has 5 heteroatoms. The van der Waals surface area contributed by atoms with E-state index in [1.807, 2.05) is 34.7 Å². The summed E-state index contributed by atoms with van der Waals surface area (Å²) < 4.78 is 9.67. The molecule has 1 saturated carbocycles. The highest BCUT2D eigenvalue weighted by molar-refractivity contribution is 5.82. The van der Waals surface area contributed by atoms with Crippen molar-refractivity contribution in [2.24, 2.45) is 11.8 Å². The zero-order valence-electron chi connectivity index (χ0n) is 16.6. The van der Waals surface area contributed by atoms with E-state index in [9.17, 15) is 9.59 Å². The van der Waals surface area contributed by atoms with E-state index >= 15 is 0 Å². The summed E-state index contributed by atoms with van der Waals surface area (Å²) in [6.45, 7) is 9.69. The summed E-state index contributed by atoms with van der Waals surface area (Å²) in [5, 5.41) is 3.28. The monoisotopic (exact) mass is 345 g/mol. The number of rotatable bonds is 9. The second-order valence-electron chi connectivity index (χ2n) is 5.95. The Kier molecular flexibility index (Phi) is 19.7. The van der Waals surface area contributed by atoms with Crippen LogP contribution in [-0.4, -0.2) is 52.1 Å². The lowest BCUT2D eigenvalue weighted by Crippen LogP contribution is -2.33. The van der Waals surface area contributed by atoms with Crippen LogP contribution in [0.3, 0.4) is 0 Å².